The molecule has 0 aliphatic carbocycles. The van der Waals surface area contributed by atoms with Crippen molar-refractivity contribution in [1.29, 1.82) is 0 Å². The molecule has 0 fully saturated rings. The third kappa shape index (κ3) is 3.12. The SMILES string of the molecule is O=C(Cc1noc2ccccc12)Nc1ccc(-n2ccnc2)c(Cl)c1. The van der Waals surface area contributed by atoms with E-state index in [1.165, 1.54) is 0 Å². The van der Waals surface area contributed by atoms with Crippen molar-refractivity contribution in [3.63, 3.8) is 0 Å². The van der Waals surface area contributed by atoms with Crippen LogP contribution in [0.2, 0.25) is 5.02 Å². The third-order valence-corrected chi connectivity index (χ3v) is 4.10. The number of nitrogens with zero attached hydrogens (tertiary/aromatic N) is 3. The van der Waals surface area contributed by atoms with Gasteiger partial charge in [0.2, 0.25) is 5.91 Å². The van der Waals surface area contributed by atoms with Crippen LogP contribution in [0.15, 0.2) is 65.7 Å². The predicted molar refractivity (Wildman–Crippen MR) is 94.9 cm³/mol. The van der Waals surface area contributed by atoms with Gasteiger partial charge in [0.15, 0.2) is 5.58 Å². The van der Waals surface area contributed by atoms with E-state index in [0.717, 1.165) is 11.1 Å². The zero-order valence-electron chi connectivity index (χ0n) is 13.0. The first-order chi connectivity index (χ1) is 12.2. The van der Waals surface area contributed by atoms with Gasteiger partial charge in [-0.15, -0.1) is 0 Å². The molecule has 0 radical (unpaired) electrons. The summed E-state index contributed by atoms with van der Waals surface area (Å²) in [4.78, 5) is 16.3. The molecule has 0 atom stereocenters. The Morgan fingerprint density at radius 3 is 2.92 bits per heavy atom. The van der Waals surface area contributed by atoms with Gasteiger partial charge in [-0.3, -0.25) is 4.79 Å². The number of aromatic nitrogens is 3. The zero-order chi connectivity index (χ0) is 17.2. The van der Waals surface area contributed by atoms with E-state index in [1.807, 2.05) is 30.3 Å². The Kier molecular flexibility index (Phi) is 3.95. The predicted octanol–water partition coefficient (Wildman–Crippen LogP) is 3.85. The van der Waals surface area contributed by atoms with E-state index in [2.05, 4.69) is 15.5 Å². The molecule has 1 amide bonds. The number of carbonyl (C=O) groups excluding carboxylic acids is 1. The summed E-state index contributed by atoms with van der Waals surface area (Å²) < 4.78 is 7.02. The van der Waals surface area contributed by atoms with Crippen molar-refractivity contribution in [3.05, 3.63) is 71.9 Å². The topological polar surface area (TPSA) is 73.0 Å². The summed E-state index contributed by atoms with van der Waals surface area (Å²) in [5, 5.41) is 8.15. The molecule has 0 saturated heterocycles. The van der Waals surface area contributed by atoms with Crippen LogP contribution in [0.4, 0.5) is 5.69 Å². The second-order valence-corrected chi connectivity index (χ2v) is 5.89. The molecular weight excluding hydrogens is 340 g/mol. The van der Waals surface area contributed by atoms with Crippen LogP contribution < -0.4 is 5.32 Å². The van der Waals surface area contributed by atoms with Gasteiger partial charge in [-0.05, 0) is 30.3 Å². The van der Waals surface area contributed by atoms with Crippen molar-refractivity contribution in [2.45, 2.75) is 6.42 Å². The molecular formula is C18H13ClN4O2. The van der Waals surface area contributed by atoms with E-state index in [1.54, 1.807) is 35.4 Å². The number of fused-ring (bicyclic) bond motifs is 1. The second kappa shape index (κ2) is 6.41. The van der Waals surface area contributed by atoms with Crippen LogP contribution in [0.25, 0.3) is 16.7 Å². The monoisotopic (exact) mass is 352 g/mol. The Morgan fingerprint density at radius 1 is 1.24 bits per heavy atom. The molecule has 4 rings (SSSR count). The summed E-state index contributed by atoms with van der Waals surface area (Å²) in [6.45, 7) is 0. The van der Waals surface area contributed by atoms with Crippen LogP contribution >= 0.6 is 11.6 Å². The van der Waals surface area contributed by atoms with Crippen LogP contribution in [-0.4, -0.2) is 20.6 Å². The maximum absolute atomic E-state index is 12.3. The molecule has 0 bridgehead atoms. The number of imidazole rings is 1. The summed E-state index contributed by atoms with van der Waals surface area (Å²) in [5.41, 5.74) is 2.68. The quantitative estimate of drug-likeness (QED) is 0.605. The lowest BCUT2D eigenvalue weighted by Crippen LogP contribution is -2.14. The first kappa shape index (κ1) is 15.4. The Bertz CT molecular complexity index is 1040. The van der Waals surface area contributed by atoms with E-state index in [0.29, 0.717) is 22.0 Å². The molecule has 0 spiro atoms. The van der Waals surface area contributed by atoms with Crippen LogP contribution in [0.1, 0.15) is 5.69 Å². The highest BCUT2D eigenvalue weighted by Crippen LogP contribution is 2.24. The van der Waals surface area contributed by atoms with Crippen molar-refractivity contribution in [2.24, 2.45) is 0 Å². The van der Waals surface area contributed by atoms with Gasteiger partial charge < -0.3 is 14.4 Å². The van der Waals surface area contributed by atoms with Gasteiger partial charge in [0.25, 0.3) is 0 Å². The fraction of sp³-hybridized carbons (Fsp3) is 0.0556. The maximum atomic E-state index is 12.3. The fourth-order valence-electron chi connectivity index (χ4n) is 2.62. The average Bonchev–Trinajstić information content (AvgIpc) is 3.26. The normalized spacial score (nSPS) is 10.9. The number of hydrogen-bond acceptors (Lipinski definition) is 4. The van der Waals surface area contributed by atoms with Crippen LogP contribution in [0.3, 0.4) is 0 Å². The Morgan fingerprint density at radius 2 is 2.12 bits per heavy atom. The summed E-state index contributed by atoms with van der Waals surface area (Å²) in [5.74, 6) is -0.189. The van der Waals surface area contributed by atoms with Crippen molar-refractivity contribution in [3.8, 4) is 5.69 Å². The minimum absolute atomic E-state index is 0.123. The van der Waals surface area contributed by atoms with Gasteiger partial charge in [-0.1, -0.05) is 28.9 Å². The zero-order valence-corrected chi connectivity index (χ0v) is 13.8. The van der Waals surface area contributed by atoms with E-state index < -0.39 is 0 Å². The standard InChI is InChI=1S/C18H13ClN4O2/c19-14-9-12(5-6-16(14)23-8-7-20-11-23)21-18(24)10-15-13-3-1-2-4-17(13)25-22-15/h1-9,11H,10H2,(H,21,24). The number of amides is 1. The van der Waals surface area contributed by atoms with Crippen molar-refractivity contribution in [2.75, 3.05) is 5.32 Å². The van der Waals surface area contributed by atoms with E-state index in [9.17, 15) is 4.79 Å². The Balaban J connectivity index is 1.50. The lowest BCUT2D eigenvalue weighted by molar-refractivity contribution is -0.115. The molecule has 0 aliphatic heterocycles. The van der Waals surface area contributed by atoms with Crippen LogP contribution in [0, 0.1) is 0 Å². The molecule has 124 valence electrons. The maximum Gasteiger partial charge on any atom is 0.230 e. The lowest BCUT2D eigenvalue weighted by Gasteiger charge is -2.09. The van der Waals surface area contributed by atoms with E-state index >= 15 is 0 Å². The minimum Gasteiger partial charge on any atom is -0.356 e. The molecule has 7 heteroatoms. The third-order valence-electron chi connectivity index (χ3n) is 3.79. The Labute approximate surface area is 148 Å². The largest absolute Gasteiger partial charge is 0.356 e. The minimum atomic E-state index is -0.189. The summed E-state index contributed by atoms with van der Waals surface area (Å²) >= 11 is 6.30. The molecule has 0 unspecified atom stereocenters. The smallest absolute Gasteiger partial charge is 0.230 e. The van der Waals surface area contributed by atoms with Crippen molar-refractivity contribution >= 4 is 34.2 Å². The molecule has 2 aromatic heterocycles. The van der Waals surface area contributed by atoms with Gasteiger partial charge >= 0.3 is 0 Å². The molecule has 0 aliphatic rings. The number of nitrogens with one attached hydrogen (secondary N) is 1. The molecule has 2 aromatic carbocycles. The Hall–Kier alpha value is -3.12. The fourth-order valence-corrected chi connectivity index (χ4v) is 2.90. The van der Waals surface area contributed by atoms with E-state index in [-0.39, 0.29) is 12.3 Å². The summed E-state index contributed by atoms with van der Waals surface area (Å²) in [6.07, 6.45) is 5.26. The molecule has 1 N–H and O–H groups in total. The number of para-hydroxylation sites is 1. The van der Waals surface area contributed by atoms with Crippen LogP contribution in [-0.2, 0) is 11.2 Å². The first-order valence-electron chi connectivity index (χ1n) is 7.62. The molecule has 25 heavy (non-hydrogen) atoms. The van der Waals surface area contributed by atoms with E-state index in [4.69, 9.17) is 16.1 Å². The number of carbonyl (C=O) groups is 1. The first-order valence-corrected chi connectivity index (χ1v) is 7.99. The highest BCUT2D eigenvalue weighted by Gasteiger charge is 2.13. The molecule has 6 nitrogen and oxygen atoms in total. The summed E-state index contributed by atoms with van der Waals surface area (Å²) in [7, 11) is 0. The van der Waals surface area contributed by atoms with Gasteiger partial charge in [0.05, 0.1) is 23.5 Å². The number of hydrogen-bond donors (Lipinski definition) is 1. The molecule has 2 heterocycles. The number of halogens is 1. The highest BCUT2D eigenvalue weighted by molar-refractivity contribution is 6.32. The number of rotatable bonds is 4. The second-order valence-electron chi connectivity index (χ2n) is 5.49. The number of anilines is 1. The highest BCUT2D eigenvalue weighted by atomic mass is 35.5. The average molecular weight is 353 g/mol. The van der Waals surface area contributed by atoms with Crippen molar-refractivity contribution < 1.29 is 9.32 Å². The molecule has 4 aromatic rings. The summed E-state index contributed by atoms with van der Waals surface area (Å²) in [6, 6.07) is 12.8. The van der Waals surface area contributed by atoms with Gasteiger partial charge in [0, 0.05) is 23.5 Å². The number of benzene rings is 2. The van der Waals surface area contributed by atoms with Crippen LogP contribution in [0.5, 0.6) is 0 Å². The lowest BCUT2D eigenvalue weighted by atomic mass is 10.1. The van der Waals surface area contributed by atoms with Gasteiger partial charge in [-0.2, -0.15) is 0 Å². The van der Waals surface area contributed by atoms with Gasteiger partial charge in [-0.25, -0.2) is 4.98 Å². The van der Waals surface area contributed by atoms with Gasteiger partial charge in [0.1, 0.15) is 5.69 Å². The van der Waals surface area contributed by atoms with Crippen molar-refractivity contribution in [1.82, 2.24) is 14.7 Å². The molecule has 0 saturated carbocycles.